The van der Waals surface area contributed by atoms with Crippen LogP contribution in [-0.2, 0) is 33.1 Å². The predicted molar refractivity (Wildman–Crippen MR) is 181 cm³/mol. The van der Waals surface area contributed by atoms with E-state index >= 15 is 0 Å². The van der Waals surface area contributed by atoms with Crippen LogP contribution >= 0.6 is 11.8 Å². The largest absolute Gasteiger partial charge is 0.497 e. The minimum absolute atomic E-state index is 0.0434. The fourth-order valence-corrected chi connectivity index (χ4v) is 6.70. The van der Waals surface area contributed by atoms with Crippen molar-refractivity contribution in [3.8, 4) is 11.5 Å². The molecule has 0 saturated carbocycles. The fraction of sp³-hybridized carbons (Fsp3) is 0.242. The maximum Gasteiger partial charge on any atom is 0.265 e. The van der Waals surface area contributed by atoms with Crippen LogP contribution in [0.25, 0.3) is 0 Å². The lowest BCUT2D eigenvalue weighted by Gasteiger charge is -2.23. The van der Waals surface area contributed by atoms with Crippen molar-refractivity contribution in [2.45, 2.75) is 41.6 Å². The molecule has 0 bridgehead atoms. The standard InChI is InChI=1S/C31H33N3O7S3.C2H6/c1-40-26-18-25(19-27(20-26)41-2)31(35)33-44(38,39)30-14-10-24(11-15-30)22-34(16-17-42-28-6-4-3-5-7-28)21-23-8-12-29(13-9-23)43(32,36)37;1-2/h3-15,18-20H,16-17,21-22H2,1-2H3,(H,33,35)(H2,32,36,37);1-2H3. The highest BCUT2D eigenvalue weighted by molar-refractivity contribution is 7.99. The maximum absolute atomic E-state index is 13.0. The Hall–Kier alpha value is -3.88. The van der Waals surface area contributed by atoms with Gasteiger partial charge in [-0.15, -0.1) is 11.8 Å². The van der Waals surface area contributed by atoms with Crippen LogP contribution in [0.3, 0.4) is 0 Å². The summed E-state index contributed by atoms with van der Waals surface area (Å²) in [4.78, 5) is 16.1. The number of carbonyl (C=O) groups is 1. The number of hydrogen-bond acceptors (Lipinski definition) is 9. The number of thioether (sulfide) groups is 1. The quantitative estimate of drug-likeness (QED) is 0.169. The van der Waals surface area contributed by atoms with Gasteiger partial charge in [-0.2, -0.15) is 0 Å². The van der Waals surface area contributed by atoms with Crippen LogP contribution in [0, 0.1) is 0 Å². The highest BCUT2D eigenvalue weighted by Gasteiger charge is 2.20. The van der Waals surface area contributed by atoms with Crippen molar-refractivity contribution in [1.82, 2.24) is 9.62 Å². The number of sulfonamides is 2. The molecule has 10 nitrogen and oxygen atoms in total. The Balaban J connectivity index is 0.00000282. The van der Waals surface area contributed by atoms with Crippen molar-refractivity contribution in [2.75, 3.05) is 26.5 Å². The molecule has 0 spiro atoms. The summed E-state index contributed by atoms with van der Waals surface area (Å²) in [6, 6.07) is 27.2. The molecule has 3 N–H and O–H groups in total. The molecule has 13 heteroatoms. The van der Waals surface area contributed by atoms with E-state index in [9.17, 15) is 21.6 Å². The Morgan fingerprint density at radius 3 is 1.74 bits per heavy atom. The Kier molecular flexibility index (Phi) is 13.6. The number of ether oxygens (including phenoxy) is 2. The second-order valence-electron chi connectivity index (χ2n) is 9.74. The lowest BCUT2D eigenvalue weighted by molar-refractivity contribution is 0.0980. The Labute approximate surface area is 276 Å². The molecule has 0 aliphatic rings. The summed E-state index contributed by atoms with van der Waals surface area (Å²) in [7, 11) is -5.08. The number of rotatable bonds is 14. The third kappa shape index (κ3) is 10.9. The molecule has 0 saturated heterocycles. The van der Waals surface area contributed by atoms with Gasteiger partial charge in [0.15, 0.2) is 0 Å². The summed E-state index contributed by atoms with van der Waals surface area (Å²) < 4.78 is 61.8. The topological polar surface area (TPSA) is 145 Å². The first-order chi connectivity index (χ1) is 22.0. The number of primary sulfonamides is 1. The van der Waals surface area contributed by atoms with E-state index in [1.165, 1.54) is 50.6 Å². The van der Waals surface area contributed by atoms with Crippen LogP contribution in [0.1, 0.15) is 35.3 Å². The van der Waals surface area contributed by atoms with Gasteiger partial charge in [0.2, 0.25) is 10.0 Å². The number of hydrogen-bond donors (Lipinski definition) is 2. The zero-order valence-electron chi connectivity index (χ0n) is 26.2. The summed E-state index contributed by atoms with van der Waals surface area (Å²) in [6.07, 6.45) is 0. The van der Waals surface area contributed by atoms with Gasteiger partial charge in [-0.3, -0.25) is 9.69 Å². The molecule has 0 radical (unpaired) electrons. The zero-order valence-corrected chi connectivity index (χ0v) is 28.6. The summed E-state index contributed by atoms with van der Waals surface area (Å²) in [5, 5.41) is 5.24. The normalized spacial score (nSPS) is 11.3. The van der Waals surface area contributed by atoms with Crippen LogP contribution in [-0.4, -0.2) is 54.2 Å². The van der Waals surface area contributed by atoms with Crippen LogP contribution in [0.5, 0.6) is 11.5 Å². The van der Waals surface area contributed by atoms with Gasteiger partial charge < -0.3 is 9.47 Å². The molecule has 4 aromatic rings. The lowest BCUT2D eigenvalue weighted by Crippen LogP contribution is -2.30. The van der Waals surface area contributed by atoms with Gasteiger partial charge in [0, 0.05) is 41.9 Å². The van der Waals surface area contributed by atoms with E-state index in [-0.39, 0.29) is 15.4 Å². The molecule has 0 aliphatic carbocycles. The summed E-state index contributed by atoms with van der Waals surface area (Å²) in [5.74, 6) is 0.681. The first kappa shape index (κ1) is 36.6. The predicted octanol–water partition coefficient (Wildman–Crippen LogP) is 5.29. The van der Waals surface area contributed by atoms with Crippen molar-refractivity contribution in [1.29, 1.82) is 0 Å². The average Bonchev–Trinajstić information content (AvgIpc) is 3.05. The van der Waals surface area contributed by atoms with Crippen LogP contribution in [0.2, 0.25) is 0 Å². The molecular weight excluding hydrogens is 647 g/mol. The SMILES string of the molecule is CC.COc1cc(OC)cc(C(=O)NS(=O)(=O)c2ccc(CN(CCSc3ccccc3)Cc3ccc(S(N)(=O)=O)cc3)cc2)c1. The van der Waals surface area contributed by atoms with E-state index < -0.39 is 26.0 Å². The number of nitrogens with zero attached hydrogens (tertiary/aromatic N) is 1. The monoisotopic (exact) mass is 685 g/mol. The minimum Gasteiger partial charge on any atom is -0.497 e. The molecule has 0 atom stereocenters. The molecule has 46 heavy (non-hydrogen) atoms. The van der Waals surface area contributed by atoms with Gasteiger partial charge in [0.05, 0.1) is 24.0 Å². The first-order valence-corrected chi connectivity index (χ1v) is 18.4. The van der Waals surface area contributed by atoms with Crippen molar-refractivity contribution in [3.63, 3.8) is 0 Å². The zero-order chi connectivity index (χ0) is 33.7. The second-order valence-corrected chi connectivity index (χ2v) is 14.2. The molecule has 0 unspecified atom stereocenters. The summed E-state index contributed by atoms with van der Waals surface area (Å²) >= 11 is 1.72. The van der Waals surface area contributed by atoms with Crippen molar-refractivity contribution >= 4 is 37.7 Å². The van der Waals surface area contributed by atoms with E-state index in [1.54, 1.807) is 42.1 Å². The average molecular weight is 686 g/mol. The fourth-order valence-electron chi connectivity index (χ4n) is 4.28. The maximum atomic E-state index is 13.0. The van der Waals surface area contributed by atoms with Gasteiger partial charge in [-0.1, -0.05) is 56.3 Å². The van der Waals surface area contributed by atoms with Gasteiger partial charge in [-0.25, -0.2) is 26.7 Å². The third-order valence-electron chi connectivity index (χ3n) is 6.56. The minimum atomic E-state index is -4.16. The first-order valence-electron chi connectivity index (χ1n) is 14.4. The molecule has 0 aliphatic heterocycles. The van der Waals surface area contributed by atoms with Gasteiger partial charge in [-0.05, 0) is 59.7 Å². The number of nitrogens with two attached hydrogens (primary N) is 1. The van der Waals surface area contributed by atoms with Crippen molar-refractivity contribution < 1.29 is 31.1 Å². The second kappa shape index (κ2) is 17.2. The molecule has 0 heterocycles. The molecule has 4 rings (SSSR count). The lowest BCUT2D eigenvalue weighted by atomic mass is 10.1. The van der Waals surface area contributed by atoms with Crippen LogP contribution in [0.15, 0.2) is 112 Å². The van der Waals surface area contributed by atoms with E-state index in [2.05, 4.69) is 9.62 Å². The number of methoxy groups -OCH3 is 2. The number of amides is 1. The molecule has 0 fully saturated rings. The number of carbonyl (C=O) groups excluding carboxylic acids is 1. The van der Waals surface area contributed by atoms with E-state index in [4.69, 9.17) is 14.6 Å². The van der Waals surface area contributed by atoms with Crippen molar-refractivity contribution in [2.24, 2.45) is 5.14 Å². The number of benzene rings is 4. The molecule has 1 amide bonds. The highest BCUT2D eigenvalue weighted by atomic mass is 32.2. The number of nitrogens with one attached hydrogen (secondary N) is 1. The van der Waals surface area contributed by atoms with Crippen molar-refractivity contribution in [3.05, 3.63) is 114 Å². The van der Waals surface area contributed by atoms with Gasteiger partial charge >= 0.3 is 0 Å². The smallest absolute Gasteiger partial charge is 0.265 e. The molecule has 246 valence electrons. The highest BCUT2D eigenvalue weighted by Crippen LogP contribution is 2.23. The summed E-state index contributed by atoms with van der Waals surface area (Å²) in [5.41, 5.74) is 1.83. The third-order valence-corrected chi connectivity index (χ3v) is 9.83. The van der Waals surface area contributed by atoms with Crippen LogP contribution < -0.4 is 19.3 Å². The molecular formula is C33H39N3O7S3. The Bertz CT molecular complexity index is 1760. The van der Waals surface area contributed by atoms with E-state index in [0.717, 1.165) is 21.8 Å². The van der Waals surface area contributed by atoms with E-state index in [0.29, 0.717) is 31.1 Å². The van der Waals surface area contributed by atoms with E-state index in [1.807, 2.05) is 44.2 Å². The molecule has 4 aromatic carbocycles. The Morgan fingerprint density at radius 2 is 1.26 bits per heavy atom. The van der Waals surface area contributed by atoms with Crippen LogP contribution in [0.4, 0.5) is 0 Å². The van der Waals surface area contributed by atoms with Gasteiger partial charge in [0.25, 0.3) is 15.9 Å². The Morgan fingerprint density at radius 1 is 0.761 bits per heavy atom. The molecule has 0 aromatic heterocycles. The summed E-state index contributed by atoms with van der Waals surface area (Å²) in [6.45, 7) is 5.74. The van der Waals surface area contributed by atoms with Gasteiger partial charge in [0.1, 0.15) is 11.5 Å².